The Kier molecular flexibility index (Phi) is 16.0. The summed E-state index contributed by atoms with van der Waals surface area (Å²) in [5.41, 5.74) is 0.542. The van der Waals surface area contributed by atoms with Crippen LogP contribution in [0.3, 0.4) is 0 Å². The number of hydrogen-bond acceptors (Lipinski definition) is 6. The van der Waals surface area contributed by atoms with E-state index in [1.807, 2.05) is 0 Å². The number of carbonyl (C=O) groups is 4. The maximum Gasteiger partial charge on any atom is 0.333 e. The number of hydrogen-bond donors (Lipinski definition) is 2. The van der Waals surface area contributed by atoms with Gasteiger partial charge in [-0.25, -0.2) is 9.59 Å². The average Bonchev–Trinajstić information content (AvgIpc) is 2.49. The van der Waals surface area contributed by atoms with Crippen molar-refractivity contribution in [3.05, 3.63) is 24.3 Å². The first-order valence-corrected chi connectivity index (χ1v) is 7.00. The predicted octanol–water partition coefficient (Wildman–Crippen LogP) is 1.65. The average molecular weight is 410 g/mol. The van der Waals surface area contributed by atoms with Crippen molar-refractivity contribution in [2.24, 2.45) is 11.8 Å². The summed E-state index contributed by atoms with van der Waals surface area (Å²) in [6.45, 7) is 12.4. The third-order valence-corrected chi connectivity index (χ3v) is 2.47. The summed E-state index contributed by atoms with van der Waals surface area (Å²) in [5, 5.41) is 16.8. The van der Waals surface area contributed by atoms with Crippen LogP contribution < -0.4 is 0 Å². The molecule has 0 amide bonds. The zero-order valence-electron chi connectivity index (χ0n) is 15.0. The van der Waals surface area contributed by atoms with Crippen LogP contribution in [0.1, 0.15) is 27.7 Å². The molecule has 0 aromatic heterocycles. The third kappa shape index (κ3) is 15.3. The van der Waals surface area contributed by atoms with Crippen molar-refractivity contribution < 1.29 is 58.3 Å². The standard InChI is InChI=1S/2C8H12O4.Zn/c2*1-5(2)8(11)12-4-6(3)7(9)10;/h2*6H,1,4H2,2-3H3,(H,9,10);. The molecule has 0 fully saturated rings. The summed E-state index contributed by atoms with van der Waals surface area (Å²) in [7, 11) is 0. The van der Waals surface area contributed by atoms with E-state index in [0.717, 1.165) is 0 Å². The number of carboxylic acids is 2. The van der Waals surface area contributed by atoms with E-state index in [4.69, 9.17) is 10.2 Å². The van der Waals surface area contributed by atoms with E-state index in [0.29, 0.717) is 0 Å². The zero-order valence-corrected chi connectivity index (χ0v) is 18.0. The summed E-state index contributed by atoms with van der Waals surface area (Å²) in [4.78, 5) is 42.0. The van der Waals surface area contributed by atoms with Gasteiger partial charge in [0, 0.05) is 30.6 Å². The summed E-state index contributed by atoms with van der Waals surface area (Å²) < 4.78 is 9.21. The number of aliphatic carboxylic acids is 2. The van der Waals surface area contributed by atoms with Crippen LogP contribution in [0.4, 0.5) is 0 Å². The molecule has 0 aliphatic heterocycles. The first-order valence-electron chi connectivity index (χ1n) is 7.00. The quantitative estimate of drug-likeness (QED) is 0.352. The van der Waals surface area contributed by atoms with Gasteiger partial charge in [0.15, 0.2) is 0 Å². The normalized spacial score (nSPS) is 11.4. The number of ether oxygens (including phenoxy) is 2. The van der Waals surface area contributed by atoms with Gasteiger partial charge in [-0.05, 0) is 27.7 Å². The Hall–Kier alpha value is -2.02. The Bertz CT molecular complexity index is 466. The molecule has 9 heteroatoms. The van der Waals surface area contributed by atoms with Crippen molar-refractivity contribution in [1.29, 1.82) is 0 Å². The van der Waals surface area contributed by atoms with E-state index in [1.54, 1.807) is 0 Å². The molecular weight excluding hydrogens is 386 g/mol. The smallest absolute Gasteiger partial charge is 0.333 e. The van der Waals surface area contributed by atoms with Crippen LogP contribution in [0.2, 0.25) is 0 Å². The maximum absolute atomic E-state index is 10.8. The Balaban J connectivity index is -0.000000372. The summed E-state index contributed by atoms with van der Waals surface area (Å²) in [6.07, 6.45) is 0. The second-order valence-corrected chi connectivity index (χ2v) is 5.24. The topological polar surface area (TPSA) is 127 Å². The first-order chi connectivity index (χ1) is 10.9. The Morgan fingerprint density at radius 2 is 1.04 bits per heavy atom. The van der Waals surface area contributed by atoms with Crippen molar-refractivity contribution in [3.63, 3.8) is 0 Å². The van der Waals surface area contributed by atoms with Gasteiger partial charge >= 0.3 is 23.9 Å². The Morgan fingerprint density at radius 3 is 1.20 bits per heavy atom. The fourth-order valence-electron chi connectivity index (χ4n) is 0.790. The van der Waals surface area contributed by atoms with Gasteiger partial charge in [-0.15, -0.1) is 0 Å². The predicted molar refractivity (Wildman–Crippen MR) is 85.1 cm³/mol. The van der Waals surface area contributed by atoms with E-state index in [9.17, 15) is 19.2 Å². The zero-order chi connectivity index (χ0) is 19.4. The fourth-order valence-corrected chi connectivity index (χ4v) is 0.790. The van der Waals surface area contributed by atoms with Crippen LogP contribution in [0.5, 0.6) is 0 Å². The van der Waals surface area contributed by atoms with E-state index >= 15 is 0 Å². The molecule has 0 spiro atoms. The summed E-state index contributed by atoms with van der Waals surface area (Å²) in [6, 6.07) is 0. The molecule has 2 N–H and O–H groups in total. The van der Waals surface area contributed by atoms with Gasteiger partial charge in [0.05, 0.1) is 11.8 Å². The molecule has 0 aromatic rings. The maximum atomic E-state index is 10.8. The van der Waals surface area contributed by atoms with E-state index in [2.05, 4.69) is 22.6 Å². The van der Waals surface area contributed by atoms with Crippen molar-refractivity contribution in [2.45, 2.75) is 27.7 Å². The number of carbonyl (C=O) groups excluding carboxylic acids is 2. The molecule has 0 aliphatic carbocycles. The number of carboxylic acid groups (broad SMARTS) is 2. The molecule has 2 unspecified atom stereocenters. The molecule has 0 aliphatic rings. The molecule has 0 saturated heterocycles. The van der Waals surface area contributed by atoms with Crippen molar-refractivity contribution in [3.8, 4) is 0 Å². The third-order valence-electron chi connectivity index (χ3n) is 2.47. The molecule has 0 heterocycles. The van der Waals surface area contributed by atoms with Crippen LogP contribution in [0.25, 0.3) is 0 Å². The van der Waals surface area contributed by atoms with Gasteiger partial charge in [-0.1, -0.05) is 13.2 Å². The first kappa shape index (κ1) is 27.8. The minimum absolute atomic E-state index is 0. The molecule has 0 aromatic carbocycles. The van der Waals surface area contributed by atoms with Gasteiger partial charge in [-0.2, -0.15) is 0 Å². The molecular formula is C16H24O8Zn. The number of rotatable bonds is 8. The molecule has 0 radical (unpaired) electrons. The van der Waals surface area contributed by atoms with E-state index < -0.39 is 35.7 Å². The van der Waals surface area contributed by atoms with Gasteiger partial charge in [0.2, 0.25) is 0 Å². The second kappa shape index (κ2) is 14.3. The SMILES string of the molecule is C=C(C)C(=O)OCC(C)C(=O)O.C=C(C)C(=O)OCC(C)C(=O)O.[Zn]. The van der Waals surface area contributed by atoms with Gasteiger partial charge in [-0.3, -0.25) is 9.59 Å². The Morgan fingerprint density at radius 1 is 0.800 bits per heavy atom. The van der Waals surface area contributed by atoms with Gasteiger partial charge in [0.1, 0.15) is 13.2 Å². The van der Waals surface area contributed by atoms with Gasteiger partial charge in [0.25, 0.3) is 0 Å². The largest absolute Gasteiger partial charge is 0.481 e. The van der Waals surface area contributed by atoms with Crippen LogP contribution in [0, 0.1) is 11.8 Å². The van der Waals surface area contributed by atoms with Crippen molar-refractivity contribution >= 4 is 23.9 Å². The van der Waals surface area contributed by atoms with E-state index in [-0.39, 0.29) is 43.8 Å². The number of esters is 2. The molecule has 138 valence electrons. The Labute approximate surface area is 159 Å². The summed E-state index contributed by atoms with van der Waals surface area (Å²) >= 11 is 0. The van der Waals surface area contributed by atoms with Crippen LogP contribution in [-0.4, -0.2) is 47.3 Å². The van der Waals surface area contributed by atoms with Crippen LogP contribution in [-0.2, 0) is 48.1 Å². The minimum atomic E-state index is -0.982. The molecule has 8 nitrogen and oxygen atoms in total. The van der Waals surface area contributed by atoms with Crippen LogP contribution >= 0.6 is 0 Å². The van der Waals surface area contributed by atoms with Crippen molar-refractivity contribution in [1.82, 2.24) is 0 Å². The van der Waals surface area contributed by atoms with E-state index in [1.165, 1.54) is 27.7 Å². The van der Waals surface area contributed by atoms with Gasteiger partial charge < -0.3 is 19.7 Å². The van der Waals surface area contributed by atoms with Crippen LogP contribution in [0.15, 0.2) is 24.3 Å². The summed E-state index contributed by atoms with van der Waals surface area (Å²) in [5.74, 6) is -4.41. The molecule has 0 rings (SSSR count). The molecule has 25 heavy (non-hydrogen) atoms. The second-order valence-electron chi connectivity index (χ2n) is 5.24. The fraction of sp³-hybridized carbons (Fsp3) is 0.500. The molecule has 0 saturated carbocycles. The molecule has 0 bridgehead atoms. The van der Waals surface area contributed by atoms with Crippen molar-refractivity contribution in [2.75, 3.05) is 13.2 Å². The molecule has 2 atom stereocenters. The monoisotopic (exact) mass is 408 g/mol. The minimum Gasteiger partial charge on any atom is -0.481 e.